The number of hydrogen-bond acceptors (Lipinski definition) is 1. The van der Waals surface area contributed by atoms with Gasteiger partial charge >= 0.3 is 0 Å². The molecule has 1 saturated carbocycles. The first kappa shape index (κ1) is 10.2. The molecule has 2 rings (SSSR count). The summed E-state index contributed by atoms with van der Waals surface area (Å²) in [4.78, 5) is 13.9. The lowest BCUT2D eigenvalue weighted by atomic mass is 10.1. The van der Waals surface area contributed by atoms with Gasteiger partial charge in [0.1, 0.15) is 0 Å². The average molecular weight is 203 g/mol. The molecule has 15 heavy (non-hydrogen) atoms. The highest BCUT2D eigenvalue weighted by molar-refractivity contribution is 5.95. The topological polar surface area (TPSA) is 20.3 Å². The smallest absolute Gasteiger partial charge is 0.253 e. The Hall–Kier alpha value is -1.31. The minimum absolute atomic E-state index is 0.153. The van der Waals surface area contributed by atoms with Crippen LogP contribution in [0, 0.1) is 12.8 Å². The van der Waals surface area contributed by atoms with Crippen LogP contribution in [0.1, 0.15) is 28.8 Å². The molecule has 80 valence electrons. The van der Waals surface area contributed by atoms with Gasteiger partial charge < -0.3 is 4.90 Å². The van der Waals surface area contributed by atoms with E-state index in [0.29, 0.717) is 0 Å². The van der Waals surface area contributed by atoms with E-state index < -0.39 is 0 Å². The lowest BCUT2D eigenvalue weighted by molar-refractivity contribution is 0.0788. The van der Waals surface area contributed by atoms with Crippen LogP contribution in [0.3, 0.4) is 0 Å². The van der Waals surface area contributed by atoms with Crippen molar-refractivity contribution in [2.24, 2.45) is 5.92 Å². The maximum Gasteiger partial charge on any atom is 0.253 e. The van der Waals surface area contributed by atoms with Crippen molar-refractivity contribution in [1.82, 2.24) is 4.90 Å². The molecule has 1 amide bonds. The van der Waals surface area contributed by atoms with Crippen molar-refractivity contribution in [3.8, 4) is 0 Å². The molecular weight excluding hydrogens is 186 g/mol. The molecule has 0 bridgehead atoms. The fourth-order valence-corrected chi connectivity index (χ4v) is 1.79. The van der Waals surface area contributed by atoms with Crippen molar-refractivity contribution in [3.63, 3.8) is 0 Å². The van der Waals surface area contributed by atoms with E-state index in [4.69, 9.17) is 0 Å². The molecule has 0 unspecified atom stereocenters. The predicted octanol–water partition coefficient (Wildman–Crippen LogP) is 2.48. The number of nitrogens with zero attached hydrogens (tertiary/aromatic N) is 1. The normalized spacial score (nSPS) is 15.1. The molecule has 0 aromatic heterocycles. The van der Waals surface area contributed by atoms with E-state index in [1.807, 2.05) is 43.1 Å². The van der Waals surface area contributed by atoms with Gasteiger partial charge in [0.05, 0.1) is 0 Å². The second kappa shape index (κ2) is 4.05. The zero-order valence-corrected chi connectivity index (χ0v) is 9.36. The van der Waals surface area contributed by atoms with E-state index >= 15 is 0 Å². The second-order valence-electron chi connectivity index (χ2n) is 4.44. The quantitative estimate of drug-likeness (QED) is 0.739. The van der Waals surface area contributed by atoms with E-state index in [2.05, 4.69) is 0 Å². The number of hydrogen-bond donors (Lipinski definition) is 0. The largest absolute Gasteiger partial charge is 0.341 e. The summed E-state index contributed by atoms with van der Waals surface area (Å²) in [5, 5.41) is 0. The van der Waals surface area contributed by atoms with Gasteiger partial charge in [-0.25, -0.2) is 0 Å². The highest BCUT2D eigenvalue weighted by Crippen LogP contribution is 2.29. The van der Waals surface area contributed by atoms with E-state index in [-0.39, 0.29) is 5.91 Å². The highest BCUT2D eigenvalue weighted by Gasteiger charge is 2.25. The zero-order valence-electron chi connectivity index (χ0n) is 9.36. The Labute approximate surface area is 90.9 Å². The first-order chi connectivity index (χ1) is 7.18. The van der Waals surface area contributed by atoms with Crippen LogP contribution in [0.2, 0.25) is 0 Å². The number of aryl methyl sites for hydroxylation is 1. The van der Waals surface area contributed by atoms with Gasteiger partial charge in [-0.2, -0.15) is 0 Å². The van der Waals surface area contributed by atoms with Crippen molar-refractivity contribution in [2.45, 2.75) is 19.8 Å². The van der Waals surface area contributed by atoms with Crippen LogP contribution in [0.15, 0.2) is 24.3 Å². The molecule has 0 radical (unpaired) electrons. The van der Waals surface area contributed by atoms with Gasteiger partial charge in [-0.3, -0.25) is 4.79 Å². The van der Waals surface area contributed by atoms with Gasteiger partial charge in [0.15, 0.2) is 0 Å². The van der Waals surface area contributed by atoms with Crippen molar-refractivity contribution in [2.75, 3.05) is 13.6 Å². The van der Waals surface area contributed by atoms with E-state index in [9.17, 15) is 4.79 Å². The Morgan fingerprint density at radius 1 is 1.40 bits per heavy atom. The van der Waals surface area contributed by atoms with Crippen LogP contribution in [0.4, 0.5) is 0 Å². The standard InChI is InChI=1S/C13H17NO/c1-10-5-3-4-6-12(10)13(15)14(2)9-11-7-8-11/h3-6,11H,7-9H2,1-2H3. The third kappa shape index (κ3) is 2.38. The van der Waals surface area contributed by atoms with Crippen molar-refractivity contribution >= 4 is 5.91 Å². The Morgan fingerprint density at radius 2 is 2.07 bits per heavy atom. The van der Waals surface area contributed by atoms with E-state index in [1.54, 1.807) is 0 Å². The summed E-state index contributed by atoms with van der Waals surface area (Å²) >= 11 is 0. The summed E-state index contributed by atoms with van der Waals surface area (Å²) in [6.45, 7) is 2.89. The third-order valence-corrected chi connectivity index (χ3v) is 2.95. The number of carbonyl (C=O) groups is 1. The fourth-order valence-electron chi connectivity index (χ4n) is 1.79. The Morgan fingerprint density at radius 3 is 2.67 bits per heavy atom. The van der Waals surface area contributed by atoms with Gasteiger partial charge in [-0.1, -0.05) is 18.2 Å². The molecular formula is C13H17NO. The number of amides is 1. The number of rotatable bonds is 3. The van der Waals surface area contributed by atoms with Gasteiger partial charge in [-0.15, -0.1) is 0 Å². The number of benzene rings is 1. The predicted molar refractivity (Wildman–Crippen MR) is 60.9 cm³/mol. The Bertz CT molecular complexity index is 369. The third-order valence-electron chi connectivity index (χ3n) is 2.95. The maximum absolute atomic E-state index is 12.1. The van der Waals surface area contributed by atoms with E-state index in [0.717, 1.165) is 23.6 Å². The highest BCUT2D eigenvalue weighted by atomic mass is 16.2. The molecule has 0 spiro atoms. The summed E-state index contributed by atoms with van der Waals surface area (Å²) in [6.07, 6.45) is 2.57. The molecule has 0 aliphatic heterocycles. The molecule has 0 saturated heterocycles. The SMILES string of the molecule is Cc1ccccc1C(=O)N(C)CC1CC1. The summed E-state index contributed by atoms with van der Waals surface area (Å²) < 4.78 is 0. The monoisotopic (exact) mass is 203 g/mol. The van der Waals surface area contributed by atoms with Crippen LogP contribution >= 0.6 is 0 Å². The first-order valence-corrected chi connectivity index (χ1v) is 5.49. The van der Waals surface area contributed by atoms with Gasteiger partial charge in [0.25, 0.3) is 5.91 Å². The lowest BCUT2D eigenvalue weighted by Crippen LogP contribution is -2.29. The Kier molecular flexibility index (Phi) is 2.76. The molecule has 1 aliphatic carbocycles. The van der Waals surface area contributed by atoms with Crippen LogP contribution in [0.25, 0.3) is 0 Å². The molecule has 0 heterocycles. The number of carbonyl (C=O) groups excluding carboxylic acids is 1. The molecule has 1 aromatic carbocycles. The van der Waals surface area contributed by atoms with Crippen LogP contribution < -0.4 is 0 Å². The molecule has 1 aliphatic rings. The van der Waals surface area contributed by atoms with Crippen LogP contribution in [-0.2, 0) is 0 Å². The van der Waals surface area contributed by atoms with Gasteiger partial charge in [0.2, 0.25) is 0 Å². The summed E-state index contributed by atoms with van der Waals surface area (Å²) in [7, 11) is 1.90. The molecule has 1 fully saturated rings. The molecule has 0 atom stereocenters. The molecule has 2 heteroatoms. The van der Waals surface area contributed by atoms with Crippen LogP contribution in [0.5, 0.6) is 0 Å². The van der Waals surface area contributed by atoms with Gasteiger partial charge in [0, 0.05) is 19.2 Å². The fraction of sp³-hybridized carbons (Fsp3) is 0.462. The van der Waals surface area contributed by atoms with Crippen molar-refractivity contribution < 1.29 is 4.79 Å². The van der Waals surface area contributed by atoms with Gasteiger partial charge in [-0.05, 0) is 37.3 Å². The van der Waals surface area contributed by atoms with Crippen LogP contribution in [-0.4, -0.2) is 24.4 Å². The second-order valence-corrected chi connectivity index (χ2v) is 4.44. The Balaban J connectivity index is 2.08. The van der Waals surface area contributed by atoms with Crippen molar-refractivity contribution in [1.29, 1.82) is 0 Å². The van der Waals surface area contributed by atoms with E-state index in [1.165, 1.54) is 12.8 Å². The molecule has 0 N–H and O–H groups in total. The summed E-state index contributed by atoms with van der Waals surface area (Å²) in [5.74, 6) is 0.906. The molecule has 1 aromatic rings. The average Bonchev–Trinajstić information content (AvgIpc) is 3.01. The van der Waals surface area contributed by atoms with Crippen molar-refractivity contribution in [3.05, 3.63) is 35.4 Å². The molecule has 2 nitrogen and oxygen atoms in total. The lowest BCUT2D eigenvalue weighted by Gasteiger charge is -2.17. The minimum atomic E-state index is 0.153. The minimum Gasteiger partial charge on any atom is -0.341 e. The maximum atomic E-state index is 12.1. The zero-order chi connectivity index (χ0) is 10.8. The summed E-state index contributed by atoms with van der Waals surface area (Å²) in [6, 6.07) is 7.78. The summed E-state index contributed by atoms with van der Waals surface area (Å²) in [5.41, 5.74) is 1.89. The first-order valence-electron chi connectivity index (χ1n) is 5.49.